The highest BCUT2D eigenvalue weighted by molar-refractivity contribution is 6.20. The number of alkyl halides is 7. The van der Waals surface area contributed by atoms with Crippen LogP contribution in [0.15, 0.2) is 0 Å². The second-order valence-corrected chi connectivity index (χ2v) is 2.53. The van der Waals surface area contributed by atoms with Crippen molar-refractivity contribution in [2.24, 2.45) is 0 Å². The molecule has 0 radical (unpaired) electrons. The van der Waals surface area contributed by atoms with Crippen LogP contribution in [-0.2, 0) is 4.74 Å². The third-order valence-electron chi connectivity index (χ3n) is 1.13. The molecule has 0 aromatic rings. The first-order valence-electron chi connectivity index (χ1n) is 2.89. The van der Waals surface area contributed by atoms with Gasteiger partial charge in [0.1, 0.15) is 0 Å². The number of halogens is 7. The molecule has 0 fully saturated rings. The maximum atomic E-state index is 12.4. The average molecular weight is 231 g/mol. The van der Waals surface area contributed by atoms with Gasteiger partial charge in [-0.3, -0.25) is 0 Å². The molecule has 8 heteroatoms. The number of hydrogen-bond acceptors (Lipinski definition) is 1. The summed E-state index contributed by atoms with van der Waals surface area (Å²) in [6.45, 7) is 0. The van der Waals surface area contributed by atoms with E-state index in [0.29, 0.717) is 7.11 Å². The van der Waals surface area contributed by atoms with Gasteiger partial charge in [-0.1, -0.05) is 11.6 Å². The molecule has 0 spiro atoms. The van der Waals surface area contributed by atoms with Gasteiger partial charge in [0.2, 0.25) is 0 Å². The van der Waals surface area contributed by atoms with Gasteiger partial charge in [-0.25, -0.2) is 4.39 Å². The van der Waals surface area contributed by atoms with Crippen molar-refractivity contribution in [2.45, 2.75) is 23.8 Å². The molecule has 2 atom stereocenters. The highest BCUT2D eigenvalue weighted by Gasteiger charge is 2.60. The Hall–Kier alpha value is -0.170. The third-order valence-corrected chi connectivity index (χ3v) is 1.60. The van der Waals surface area contributed by atoms with Gasteiger partial charge < -0.3 is 4.74 Å². The van der Waals surface area contributed by atoms with Crippen molar-refractivity contribution in [1.29, 1.82) is 0 Å². The lowest BCUT2D eigenvalue weighted by Crippen LogP contribution is -2.48. The van der Waals surface area contributed by atoms with Crippen LogP contribution in [0.1, 0.15) is 0 Å². The van der Waals surface area contributed by atoms with E-state index in [1.807, 2.05) is 0 Å². The zero-order valence-electron chi connectivity index (χ0n) is 6.21. The molecule has 0 aliphatic rings. The third kappa shape index (κ3) is 2.91. The number of hydrogen-bond donors (Lipinski definition) is 0. The molecule has 0 saturated heterocycles. The summed E-state index contributed by atoms with van der Waals surface area (Å²) in [5.41, 5.74) is -2.65. The van der Waals surface area contributed by atoms with Crippen LogP contribution in [-0.4, -0.2) is 30.9 Å². The van der Waals surface area contributed by atoms with E-state index in [-0.39, 0.29) is 0 Å². The van der Waals surface area contributed by atoms with E-state index in [0.717, 1.165) is 0 Å². The van der Waals surface area contributed by atoms with Gasteiger partial charge >= 0.3 is 12.1 Å². The first kappa shape index (κ1) is 12.8. The lowest BCUT2D eigenvalue weighted by Gasteiger charge is -2.25. The maximum absolute atomic E-state index is 12.4. The maximum Gasteiger partial charge on any atom is 0.425 e. The van der Waals surface area contributed by atoms with E-state index in [4.69, 9.17) is 0 Å². The van der Waals surface area contributed by atoms with Crippen molar-refractivity contribution in [3.05, 3.63) is 0 Å². The molecule has 2 unspecified atom stereocenters. The highest BCUT2D eigenvalue weighted by Crippen LogP contribution is 2.38. The quantitative estimate of drug-likeness (QED) is 0.535. The molecule has 0 aliphatic carbocycles. The fraction of sp³-hybridized carbons (Fsp3) is 1.00. The lowest BCUT2D eigenvalue weighted by molar-refractivity contribution is -0.259. The summed E-state index contributed by atoms with van der Waals surface area (Å²) in [6, 6.07) is 0. The van der Waals surface area contributed by atoms with Crippen molar-refractivity contribution in [2.75, 3.05) is 7.11 Å². The van der Waals surface area contributed by atoms with E-state index >= 15 is 0 Å². The summed E-state index contributed by atoms with van der Waals surface area (Å²) < 4.78 is 74.9. The molecule has 80 valence electrons. The molecule has 13 heavy (non-hydrogen) atoms. The van der Waals surface area contributed by atoms with Crippen molar-refractivity contribution in [3.63, 3.8) is 0 Å². The molecular formula is C5H5ClF6O. The zero-order chi connectivity index (χ0) is 10.9. The monoisotopic (exact) mass is 230 g/mol. The molecule has 0 saturated carbocycles. The average Bonchev–Trinajstić information content (AvgIpc) is 1.99. The minimum atomic E-state index is -5.66. The van der Waals surface area contributed by atoms with Crippen LogP contribution in [0.3, 0.4) is 0 Å². The molecule has 0 rings (SSSR count). The van der Waals surface area contributed by atoms with Gasteiger partial charge in [0, 0.05) is 7.11 Å². The van der Waals surface area contributed by atoms with E-state index in [1.165, 1.54) is 0 Å². The first-order valence-corrected chi connectivity index (χ1v) is 3.33. The minimum absolute atomic E-state index is 0.647. The molecule has 0 amide bonds. The van der Waals surface area contributed by atoms with Crippen LogP contribution in [0, 0.1) is 0 Å². The SMILES string of the molecule is COC(Cl)C(F)(F)C(F)C(F)(F)F. The lowest BCUT2D eigenvalue weighted by atomic mass is 10.2. The normalized spacial score (nSPS) is 18.5. The van der Waals surface area contributed by atoms with Crippen LogP contribution in [0.4, 0.5) is 26.3 Å². The Labute approximate surface area is 74.6 Å². The van der Waals surface area contributed by atoms with Gasteiger partial charge in [0.05, 0.1) is 0 Å². The predicted octanol–water partition coefficient (Wildman–Crippen LogP) is 2.73. The van der Waals surface area contributed by atoms with Gasteiger partial charge in [-0.2, -0.15) is 22.0 Å². The Balaban J connectivity index is 4.63. The van der Waals surface area contributed by atoms with E-state index in [1.54, 1.807) is 0 Å². The molecule has 0 heterocycles. The fourth-order valence-corrected chi connectivity index (χ4v) is 0.601. The summed E-state index contributed by atoms with van der Waals surface area (Å²) in [7, 11) is 0.647. The molecule has 0 N–H and O–H groups in total. The van der Waals surface area contributed by atoms with E-state index in [9.17, 15) is 26.3 Å². The van der Waals surface area contributed by atoms with Crippen molar-refractivity contribution < 1.29 is 31.1 Å². The topological polar surface area (TPSA) is 9.23 Å². The van der Waals surface area contributed by atoms with Crippen LogP contribution in [0.5, 0.6) is 0 Å². The molecular weight excluding hydrogens is 225 g/mol. The van der Waals surface area contributed by atoms with Gasteiger partial charge in [0.25, 0.3) is 6.17 Å². The van der Waals surface area contributed by atoms with Gasteiger partial charge in [-0.15, -0.1) is 0 Å². The van der Waals surface area contributed by atoms with Crippen LogP contribution >= 0.6 is 11.6 Å². The van der Waals surface area contributed by atoms with Crippen LogP contribution < -0.4 is 0 Å². The number of rotatable bonds is 3. The van der Waals surface area contributed by atoms with Crippen LogP contribution in [0.2, 0.25) is 0 Å². The minimum Gasteiger partial charge on any atom is -0.359 e. The summed E-state index contributed by atoms with van der Waals surface area (Å²) in [4.78, 5) is 0. The largest absolute Gasteiger partial charge is 0.425 e. The van der Waals surface area contributed by atoms with Crippen LogP contribution in [0.25, 0.3) is 0 Å². The highest BCUT2D eigenvalue weighted by atomic mass is 35.5. The number of ether oxygens (including phenoxy) is 1. The second-order valence-electron chi connectivity index (χ2n) is 2.13. The second kappa shape index (κ2) is 3.91. The standard InChI is InChI=1S/C5H5ClF6O/c1-13-3(6)4(8,9)2(7)5(10,11)12/h2-3H,1H3. The molecule has 0 bridgehead atoms. The Bertz CT molecular complexity index is 169. The Morgan fingerprint density at radius 1 is 1.15 bits per heavy atom. The smallest absolute Gasteiger partial charge is 0.359 e. The Morgan fingerprint density at radius 3 is 1.77 bits per heavy atom. The van der Waals surface area contributed by atoms with Crippen molar-refractivity contribution in [1.82, 2.24) is 0 Å². The van der Waals surface area contributed by atoms with Gasteiger partial charge in [-0.05, 0) is 0 Å². The molecule has 0 aliphatic heterocycles. The first-order chi connectivity index (χ1) is 5.64. The molecule has 0 aromatic carbocycles. The van der Waals surface area contributed by atoms with E-state index in [2.05, 4.69) is 16.3 Å². The molecule has 1 nitrogen and oxygen atoms in total. The summed E-state index contributed by atoms with van der Waals surface area (Å²) >= 11 is 4.65. The molecule has 0 aromatic heterocycles. The Morgan fingerprint density at radius 2 is 1.54 bits per heavy atom. The fourth-order valence-electron chi connectivity index (χ4n) is 0.490. The predicted molar refractivity (Wildman–Crippen MR) is 32.5 cm³/mol. The summed E-state index contributed by atoms with van der Waals surface area (Å²) in [5, 5.41) is 0. The van der Waals surface area contributed by atoms with E-state index < -0.39 is 23.8 Å². The summed E-state index contributed by atoms with van der Waals surface area (Å²) in [5.74, 6) is -4.80. The summed E-state index contributed by atoms with van der Waals surface area (Å²) in [6.07, 6.45) is -9.99. The van der Waals surface area contributed by atoms with Gasteiger partial charge in [0.15, 0.2) is 5.56 Å². The number of methoxy groups -OCH3 is 1. The zero-order valence-corrected chi connectivity index (χ0v) is 6.96. The van der Waals surface area contributed by atoms with Crippen molar-refractivity contribution >= 4 is 11.6 Å². The van der Waals surface area contributed by atoms with Crippen molar-refractivity contribution in [3.8, 4) is 0 Å². The Kier molecular flexibility index (Phi) is 3.86.